The van der Waals surface area contributed by atoms with Crippen molar-refractivity contribution in [2.45, 2.75) is 37.9 Å². The lowest BCUT2D eigenvalue weighted by atomic mass is 9.94. The van der Waals surface area contributed by atoms with Gasteiger partial charge in [0.1, 0.15) is 0 Å². The molecule has 4 nitrogen and oxygen atoms in total. The van der Waals surface area contributed by atoms with Crippen LogP contribution in [0.15, 0.2) is 18.2 Å². The van der Waals surface area contributed by atoms with Crippen molar-refractivity contribution in [3.05, 3.63) is 23.8 Å². The van der Waals surface area contributed by atoms with E-state index in [1.165, 1.54) is 0 Å². The zero-order chi connectivity index (χ0) is 13.0. The smallest absolute Gasteiger partial charge is 0.246 e. The predicted molar refractivity (Wildman–Crippen MR) is 66.8 cm³/mol. The number of nitrogens with one attached hydrogen (secondary N) is 1. The summed E-state index contributed by atoms with van der Waals surface area (Å²) in [4.78, 5) is 11.9. The first-order valence-corrected chi connectivity index (χ1v) is 6.22. The van der Waals surface area contributed by atoms with Crippen molar-refractivity contribution in [2.75, 3.05) is 7.05 Å². The number of hydrogen-bond donors (Lipinski definition) is 1. The molecule has 0 bridgehead atoms. The highest BCUT2D eigenvalue weighted by atomic mass is 16.7. The van der Waals surface area contributed by atoms with E-state index < -0.39 is 5.79 Å². The van der Waals surface area contributed by atoms with E-state index in [4.69, 9.17) is 9.47 Å². The van der Waals surface area contributed by atoms with E-state index in [0.717, 1.165) is 29.9 Å². The van der Waals surface area contributed by atoms with Crippen molar-refractivity contribution >= 4 is 5.91 Å². The number of amides is 1. The van der Waals surface area contributed by atoms with Crippen molar-refractivity contribution in [2.24, 2.45) is 0 Å². The van der Waals surface area contributed by atoms with E-state index in [1.807, 2.05) is 32.0 Å². The molecule has 0 unspecified atom stereocenters. The summed E-state index contributed by atoms with van der Waals surface area (Å²) in [5.74, 6) is 0.940. The lowest BCUT2D eigenvalue weighted by Crippen LogP contribution is -2.31. The molecule has 3 rings (SSSR count). The number of benzene rings is 1. The third kappa shape index (κ3) is 1.55. The third-order valence-electron chi connectivity index (χ3n) is 3.62. The summed E-state index contributed by atoms with van der Waals surface area (Å²) >= 11 is 0. The van der Waals surface area contributed by atoms with Gasteiger partial charge in [-0.1, -0.05) is 6.07 Å². The van der Waals surface area contributed by atoms with Crippen LogP contribution in [-0.2, 0) is 10.2 Å². The van der Waals surface area contributed by atoms with Crippen LogP contribution in [0.25, 0.3) is 0 Å². The summed E-state index contributed by atoms with van der Waals surface area (Å²) in [5.41, 5.74) is 0.668. The van der Waals surface area contributed by atoms with Gasteiger partial charge in [0, 0.05) is 20.9 Å². The van der Waals surface area contributed by atoms with Crippen molar-refractivity contribution < 1.29 is 14.3 Å². The average Bonchev–Trinajstić information content (AvgIpc) is 3.05. The highest BCUT2D eigenvalue weighted by Gasteiger charge is 2.51. The van der Waals surface area contributed by atoms with Crippen molar-refractivity contribution in [3.8, 4) is 11.5 Å². The van der Waals surface area contributed by atoms with Crippen LogP contribution in [0.2, 0.25) is 0 Å². The summed E-state index contributed by atoms with van der Waals surface area (Å²) in [6.45, 7) is 3.75. The van der Waals surface area contributed by atoms with E-state index in [0.29, 0.717) is 0 Å². The molecule has 0 saturated heterocycles. The Hall–Kier alpha value is -1.71. The third-order valence-corrected chi connectivity index (χ3v) is 3.62. The second kappa shape index (κ2) is 3.40. The fourth-order valence-corrected chi connectivity index (χ4v) is 2.53. The van der Waals surface area contributed by atoms with Crippen LogP contribution in [0.3, 0.4) is 0 Å². The molecule has 1 amide bonds. The Morgan fingerprint density at radius 3 is 2.50 bits per heavy atom. The van der Waals surface area contributed by atoms with Crippen LogP contribution in [0.5, 0.6) is 11.5 Å². The van der Waals surface area contributed by atoms with Crippen molar-refractivity contribution in [1.29, 1.82) is 0 Å². The van der Waals surface area contributed by atoms with Gasteiger partial charge in [-0.3, -0.25) is 4.79 Å². The summed E-state index contributed by atoms with van der Waals surface area (Å²) in [5, 5.41) is 2.74. The minimum absolute atomic E-state index is 0.0839. The molecule has 0 aromatic heterocycles. The maximum Gasteiger partial charge on any atom is 0.246 e. The molecule has 4 heteroatoms. The summed E-state index contributed by atoms with van der Waals surface area (Å²) < 4.78 is 11.4. The van der Waals surface area contributed by atoms with Crippen LogP contribution >= 0.6 is 0 Å². The predicted octanol–water partition coefficient (Wildman–Crippen LogP) is 1.97. The van der Waals surface area contributed by atoms with Crippen LogP contribution in [0, 0.1) is 0 Å². The van der Waals surface area contributed by atoms with Gasteiger partial charge in [0.15, 0.2) is 11.5 Å². The number of hydrogen-bond acceptors (Lipinski definition) is 3. The number of fused-ring (bicyclic) bond motifs is 1. The molecule has 0 spiro atoms. The van der Waals surface area contributed by atoms with Crippen LogP contribution in [-0.4, -0.2) is 18.7 Å². The zero-order valence-corrected chi connectivity index (χ0v) is 10.9. The minimum Gasteiger partial charge on any atom is -0.449 e. The van der Waals surface area contributed by atoms with Crippen LogP contribution in [0.4, 0.5) is 0 Å². The summed E-state index contributed by atoms with van der Waals surface area (Å²) in [6, 6.07) is 5.79. The number of likely N-dealkylation sites (N-methyl/N-ethyl adjacent to an activating group) is 1. The Labute approximate surface area is 106 Å². The van der Waals surface area contributed by atoms with Crippen molar-refractivity contribution in [1.82, 2.24) is 5.32 Å². The first-order chi connectivity index (χ1) is 8.47. The average molecular weight is 247 g/mol. The molecular weight excluding hydrogens is 230 g/mol. The van der Waals surface area contributed by atoms with Crippen LogP contribution < -0.4 is 14.8 Å². The van der Waals surface area contributed by atoms with Gasteiger partial charge in [-0.05, 0) is 30.5 Å². The van der Waals surface area contributed by atoms with Gasteiger partial charge in [0.25, 0.3) is 0 Å². The van der Waals surface area contributed by atoms with Gasteiger partial charge < -0.3 is 14.8 Å². The molecule has 1 N–H and O–H groups in total. The fraction of sp³-hybridized carbons (Fsp3) is 0.500. The number of rotatable bonds is 2. The summed E-state index contributed by atoms with van der Waals surface area (Å²) in [6.07, 6.45) is 1.80. The fourth-order valence-electron chi connectivity index (χ4n) is 2.53. The van der Waals surface area contributed by atoms with Gasteiger partial charge in [-0.2, -0.15) is 0 Å². The lowest BCUT2D eigenvalue weighted by molar-refractivity contribution is -0.123. The normalized spacial score (nSPS) is 21.5. The molecule has 1 aromatic carbocycles. The summed E-state index contributed by atoms with van der Waals surface area (Å²) in [7, 11) is 1.68. The second-order valence-electron chi connectivity index (χ2n) is 5.43. The minimum atomic E-state index is -0.620. The Kier molecular flexibility index (Phi) is 2.15. The molecule has 96 valence electrons. The molecule has 18 heavy (non-hydrogen) atoms. The highest BCUT2D eigenvalue weighted by Crippen LogP contribution is 2.51. The molecule has 1 heterocycles. The van der Waals surface area contributed by atoms with E-state index in [-0.39, 0.29) is 11.3 Å². The maximum atomic E-state index is 11.9. The molecule has 0 atom stereocenters. The largest absolute Gasteiger partial charge is 0.449 e. The Balaban J connectivity index is 1.96. The topological polar surface area (TPSA) is 47.6 Å². The van der Waals surface area contributed by atoms with Crippen molar-refractivity contribution in [3.63, 3.8) is 0 Å². The van der Waals surface area contributed by atoms with Gasteiger partial charge in [0.2, 0.25) is 11.7 Å². The molecular formula is C14H17NO3. The van der Waals surface area contributed by atoms with E-state index in [1.54, 1.807) is 7.05 Å². The molecule has 1 aliphatic carbocycles. The van der Waals surface area contributed by atoms with Gasteiger partial charge in [-0.15, -0.1) is 0 Å². The Morgan fingerprint density at radius 1 is 1.22 bits per heavy atom. The number of carbonyl (C=O) groups is 1. The van der Waals surface area contributed by atoms with Crippen LogP contribution in [0.1, 0.15) is 32.3 Å². The zero-order valence-electron chi connectivity index (χ0n) is 10.9. The quantitative estimate of drug-likeness (QED) is 0.869. The standard InChI is InChI=1S/C14H17NO3/c1-13(2)17-10-5-4-9(8-11(10)18-13)14(6-7-14)12(16)15-3/h4-5,8H,6-7H2,1-3H3,(H,15,16). The highest BCUT2D eigenvalue weighted by molar-refractivity contribution is 5.91. The van der Waals surface area contributed by atoms with E-state index >= 15 is 0 Å². The molecule has 1 aliphatic heterocycles. The maximum absolute atomic E-state index is 11.9. The molecule has 2 aliphatic rings. The number of carbonyl (C=O) groups excluding carboxylic acids is 1. The molecule has 1 fully saturated rings. The van der Waals surface area contributed by atoms with E-state index in [9.17, 15) is 4.79 Å². The second-order valence-corrected chi connectivity index (χ2v) is 5.43. The molecule has 0 radical (unpaired) electrons. The monoisotopic (exact) mass is 247 g/mol. The number of ether oxygens (including phenoxy) is 2. The first kappa shape index (κ1) is 11.4. The SMILES string of the molecule is CNC(=O)C1(c2ccc3c(c2)OC(C)(C)O3)CC1. The lowest BCUT2D eigenvalue weighted by Gasteiger charge is -2.16. The van der Waals surface area contributed by atoms with Gasteiger partial charge in [0.05, 0.1) is 5.41 Å². The van der Waals surface area contributed by atoms with Gasteiger partial charge >= 0.3 is 0 Å². The van der Waals surface area contributed by atoms with E-state index in [2.05, 4.69) is 5.32 Å². The Morgan fingerprint density at radius 2 is 1.89 bits per heavy atom. The first-order valence-electron chi connectivity index (χ1n) is 6.22. The molecule has 1 saturated carbocycles. The van der Waals surface area contributed by atoms with Gasteiger partial charge in [-0.25, -0.2) is 0 Å². The Bertz CT molecular complexity index is 518. The molecule has 1 aromatic rings.